The zero-order chi connectivity index (χ0) is 24.0. The summed E-state index contributed by atoms with van der Waals surface area (Å²) in [4.78, 5) is 12.2. The minimum Gasteiger partial charge on any atom is -0.469 e. The van der Waals surface area contributed by atoms with Crippen LogP contribution in [0.15, 0.2) is 0 Å². The molecule has 4 aliphatic carbocycles. The van der Waals surface area contributed by atoms with Crippen LogP contribution in [0.1, 0.15) is 119 Å². The minimum absolute atomic E-state index is 0.0470. The molecule has 190 valence electrons. The first-order chi connectivity index (χ1) is 15.7. The van der Waals surface area contributed by atoms with E-state index in [0.29, 0.717) is 10.8 Å². The fourth-order valence-electron chi connectivity index (χ4n) is 10.3. The topological polar surface area (TPSA) is 26.3 Å². The smallest absolute Gasteiger partial charge is 0.308 e. The Morgan fingerprint density at radius 3 is 2.27 bits per heavy atom. The molecule has 4 saturated carbocycles. The van der Waals surface area contributed by atoms with E-state index in [2.05, 4.69) is 41.5 Å². The summed E-state index contributed by atoms with van der Waals surface area (Å²) in [5.74, 6) is 7.28. The van der Waals surface area contributed by atoms with Crippen LogP contribution < -0.4 is 0 Å². The third kappa shape index (κ3) is 4.44. The van der Waals surface area contributed by atoms with Crippen LogP contribution in [-0.4, -0.2) is 13.1 Å². The number of hydrogen-bond acceptors (Lipinski definition) is 2. The minimum atomic E-state index is 0.0470. The lowest BCUT2D eigenvalue weighted by Gasteiger charge is -2.61. The van der Waals surface area contributed by atoms with Crippen molar-refractivity contribution in [3.05, 3.63) is 0 Å². The number of carbonyl (C=O) groups excluding carboxylic acids is 1. The number of esters is 1. The Labute approximate surface area is 205 Å². The SMILES string of the molecule is CC[C@H](CC[C@@H](C)[C@H]1CC[C@H]2[C@@H]3CCC4CC(C(=O)OC)CC[C@]4(C)[C@H]3CC[C@]12C)C(C)C. The third-order valence-electron chi connectivity index (χ3n) is 12.4. The predicted molar refractivity (Wildman–Crippen MR) is 138 cm³/mol. The molecule has 0 aromatic rings. The molecular formula is C31H54O2. The van der Waals surface area contributed by atoms with Crippen molar-refractivity contribution < 1.29 is 9.53 Å². The lowest BCUT2D eigenvalue weighted by atomic mass is 9.44. The first kappa shape index (κ1) is 25.6. The van der Waals surface area contributed by atoms with E-state index in [0.717, 1.165) is 60.2 Å². The van der Waals surface area contributed by atoms with E-state index in [4.69, 9.17) is 4.74 Å². The monoisotopic (exact) mass is 458 g/mol. The van der Waals surface area contributed by atoms with E-state index in [-0.39, 0.29) is 11.9 Å². The van der Waals surface area contributed by atoms with Gasteiger partial charge in [-0.2, -0.15) is 0 Å². The summed E-state index contributed by atoms with van der Waals surface area (Å²) in [5, 5.41) is 0. The van der Waals surface area contributed by atoms with Crippen molar-refractivity contribution in [1.82, 2.24) is 0 Å². The lowest BCUT2D eigenvalue weighted by molar-refractivity contribution is -0.155. The highest BCUT2D eigenvalue weighted by Gasteiger charge is 2.60. The van der Waals surface area contributed by atoms with Gasteiger partial charge in [0.25, 0.3) is 0 Å². The number of carbonyl (C=O) groups is 1. The van der Waals surface area contributed by atoms with E-state index < -0.39 is 0 Å². The van der Waals surface area contributed by atoms with Gasteiger partial charge in [0.1, 0.15) is 0 Å². The van der Waals surface area contributed by atoms with Crippen molar-refractivity contribution in [2.45, 2.75) is 119 Å². The Hall–Kier alpha value is -0.530. The predicted octanol–water partition coefficient (Wildman–Crippen LogP) is 8.53. The fourth-order valence-corrected chi connectivity index (χ4v) is 10.3. The molecule has 0 aromatic carbocycles. The Morgan fingerprint density at radius 1 is 0.909 bits per heavy atom. The Bertz CT molecular complexity index is 684. The van der Waals surface area contributed by atoms with Crippen LogP contribution in [0.4, 0.5) is 0 Å². The maximum absolute atomic E-state index is 12.2. The van der Waals surface area contributed by atoms with E-state index in [1.165, 1.54) is 64.2 Å². The summed E-state index contributed by atoms with van der Waals surface area (Å²) >= 11 is 0. The molecule has 0 amide bonds. The van der Waals surface area contributed by atoms with Gasteiger partial charge in [0, 0.05) is 0 Å². The molecule has 0 spiro atoms. The van der Waals surface area contributed by atoms with Crippen molar-refractivity contribution in [2.75, 3.05) is 7.11 Å². The molecule has 0 saturated heterocycles. The molecule has 4 fully saturated rings. The summed E-state index contributed by atoms with van der Waals surface area (Å²) in [7, 11) is 1.57. The van der Waals surface area contributed by atoms with Gasteiger partial charge in [0.2, 0.25) is 0 Å². The normalized spacial score (nSPS) is 44.5. The number of hydrogen-bond donors (Lipinski definition) is 0. The average Bonchev–Trinajstić information content (AvgIpc) is 3.15. The maximum Gasteiger partial charge on any atom is 0.308 e. The van der Waals surface area contributed by atoms with Gasteiger partial charge in [0.05, 0.1) is 13.0 Å². The molecule has 0 aromatic heterocycles. The van der Waals surface area contributed by atoms with E-state index in [1.54, 1.807) is 7.11 Å². The van der Waals surface area contributed by atoms with Crippen molar-refractivity contribution in [1.29, 1.82) is 0 Å². The molecule has 2 unspecified atom stereocenters. The van der Waals surface area contributed by atoms with Crippen LogP contribution in [0.3, 0.4) is 0 Å². The Kier molecular flexibility index (Phi) is 7.63. The second-order valence-corrected chi connectivity index (χ2v) is 13.8. The molecule has 4 rings (SSSR count). The first-order valence-electron chi connectivity index (χ1n) is 14.7. The summed E-state index contributed by atoms with van der Waals surface area (Å²) < 4.78 is 5.13. The molecule has 0 heterocycles. The number of fused-ring (bicyclic) bond motifs is 5. The summed E-state index contributed by atoms with van der Waals surface area (Å²) in [6.07, 6.45) is 16.2. The largest absolute Gasteiger partial charge is 0.469 e. The van der Waals surface area contributed by atoms with Gasteiger partial charge in [0.15, 0.2) is 0 Å². The summed E-state index contributed by atoms with van der Waals surface area (Å²) in [5.41, 5.74) is 1.04. The van der Waals surface area contributed by atoms with Gasteiger partial charge in [-0.25, -0.2) is 0 Å². The average molecular weight is 459 g/mol. The second kappa shape index (κ2) is 9.85. The van der Waals surface area contributed by atoms with Crippen molar-refractivity contribution in [3.8, 4) is 0 Å². The number of ether oxygens (including phenoxy) is 1. The maximum atomic E-state index is 12.2. The van der Waals surface area contributed by atoms with Crippen LogP contribution in [0.5, 0.6) is 0 Å². The van der Waals surface area contributed by atoms with Gasteiger partial charge in [-0.15, -0.1) is 0 Å². The van der Waals surface area contributed by atoms with Gasteiger partial charge in [-0.05, 0) is 122 Å². The molecule has 0 radical (unpaired) electrons. The third-order valence-corrected chi connectivity index (χ3v) is 12.4. The Morgan fingerprint density at radius 2 is 1.61 bits per heavy atom. The summed E-state index contributed by atoms with van der Waals surface area (Å²) in [6.45, 7) is 15.2. The van der Waals surface area contributed by atoms with E-state index in [1.807, 2.05) is 0 Å². The van der Waals surface area contributed by atoms with Crippen LogP contribution in [0.25, 0.3) is 0 Å². The lowest BCUT2D eigenvalue weighted by Crippen LogP contribution is -2.54. The van der Waals surface area contributed by atoms with Crippen LogP contribution >= 0.6 is 0 Å². The molecule has 10 atom stereocenters. The van der Waals surface area contributed by atoms with Gasteiger partial charge < -0.3 is 4.74 Å². The van der Waals surface area contributed by atoms with Crippen molar-refractivity contribution in [2.24, 2.45) is 64.1 Å². The van der Waals surface area contributed by atoms with Crippen LogP contribution in [0.2, 0.25) is 0 Å². The van der Waals surface area contributed by atoms with E-state index >= 15 is 0 Å². The van der Waals surface area contributed by atoms with Gasteiger partial charge in [-0.3, -0.25) is 4.79 Å². The zero-order valence-electron chi connectivity index (χ0n) is 23.0. The highest BCUT2D eigenvalue weighted by atomic mass is 16.5. The van der Waals surface area contributed by atoms with Crippen LogP contribution in [0, 0.1) is 64.1 Å². The molecule has 0 aliphatic heterocycles. The number of methoxy groups -OCH3 is 1. The molecule has 33 heavy (non-hydrogen) atoms. The quantitative estimate of drug-likeness (QED) is 0.357. The van der Waals surface area contributed by atoms with Crippen molar-refractivity contribution in [3.63, 3.8) is 0 Å². The second-order valence-electron chi connectivity index (χ2n) is 13.8. The highest BCUT2D eigenvalue weighted by Crippen LogP contribution is 2.68. The fraction of sp³-hybridized carbons (Fsp3) is 0.968. The summed E-state index contributed by atoms with van der Waals surface area (Å²) in [6, 6.07) is 0. The Balaban J connectivity index is 1.43. The molecule has 0 bridgehead atoms. The molecule has 2 heteroatoms. The molecule has 0 N–H and O–H groups in total. The highest BCUT2D eigenvalue weighted by molar-refractivity contribution is 5.72. The molecule has 2 nitrogen and oxygen atoms in total. The number of rotatable bonds is 7. The molecule has 4 aliphatic rings. The van der Waals surface area contributed by atoms with Gasteiger partial charge in [-0.1, -0.05) is 54.4 Å². The molecular weight excluding hydrogens is 404 g/mol. The van der Waals surface area contributed by atoms with Crippen LogP contribution in [-0.2, 0) is 9.53 Å². The first-order valence-corrected chi connectivity index (χ1v) is 14.7. The van der Waals surface area contributed by atoms with E-state index in [9.17, 15) is 4.79 Å². The zero-order valence-corrected chi connectivity index (χ0v) is 23.0. The van der Waals surface area contributed by atoms with Gasteiger partial charge >= 0.3 is 5.97 Å². The standard InChI is InChI=1S/C31H54O2/c1-8-22(20(2)3)10-9-21(4)26-13-14-27-25-12-11-24-19-23(29(32)33-7)15-17-30(24,5)28(25)16-18-31(26,27)6/h20-28H,8-19H2,1-7H3/t21-,22-,23?,24?,25+,26-,27+,28+,30+,31-/m1/s1. The van der Waals surface area contributed by atoms with Crippen molar-refractivity contribution >= 4 is 5.97 Å².